The topological polar surface area (TPSA) is 43.4 Å². The van der Waals surface area contributed by atoms with Crippen LogP contribution in [0.15, 0.2) is 29.8 Å². The molecule has 1 aliphatic heterocycles. The molecule has 0 saturated heterocycles. The predicted octanol–water partition coefficient (Wildman–Crippen LogP) is 2.72. The van der Waals surface area contributed by atoms with Crippen molar-refractivity contribution in [1.29, 1.82) is 0 Å². The van der Waals surface area contributed by atoms with Gasteiger partial charge in [0.1, 0.15) is 5.01 Å². The highest BCUT2D eigenvalue weighted by molar-refractivity contribution is 7.09. The molecule has 0 radical (unpaired) electrons. The van der Waals surface area contributed by atoms with E-state index in [1.165, 1.54) is 5.56 Å². The van der Waals surface area contributed by atoms with Crippen molar-refractivity contribution in [2.45, 2.75) is 19.5 Å². The molecule has 1 aliphatic rings. The van der Waals surface area contributed by atoms with Crippen LogP contribution in [0.2, 0.25) is 0 Å². The van der Waals surface area contributed by atoms with E-state index in [1.807, 2.05) is 23.7 Å². The Balaban J connectivity index is 1.63. The van der Waals surface area contributed by atoms with Gasteiger partial charge in [-0.15, -0.1) is 11.3 Å². The highest BCUT2D eigenvalue weighted by Crippen LogP contribution is 2.32. The van der Waals surface area contributed by atoms with Crippen LogP contribution < -0.4 is 14.8 Å². The Morgan fingerprint density at radius 3 is 3.11 bits per heavy atom. The number of fused-ring (bicyclic) bond motifs is 1. The van der Waals surface area contributed by atoms with E-state index in [-0.39, 0.29) is 6.04 Å². The van der Waals surface area contributed by atoms with E-state index in [0.29, 0.717) is 6.79 Å². The van der Waals surface area contributed by atoms with Crippen LogP contribution in [0.3, 0.4) is 0 Å². The minimum Gasteiger partial charge on any atom is -0.454 e. The molecule has 18 heavy (non-hydrogen) atoms. The first-order valence-corrected chi connectivity index (χ1v) is 6.72. The van der Waals surface area contributed by atoms with E-state index in [0.717, 1.165) is 23.1 Å². The molecule has 4 nitrogen and oxygen atoms in total. The lowest BCUT2D eigenvalue weighted by molar-refractivity contribution is 0.174. The van der Waals surface area contributed by atoms with Gasteiger partial charge in [-0.05, 0) is 24.6 Å². The van der Waals surface area contributed by atoms with Crippen LogP contribution in [-0.4, -0.2) is 11.8 Å². The minimum atomic E-state index is 0.260. The second kappa shape index (κ2) is 4.96. The molecule has 1 atom stereocenters. The van der Waals surface area contributed by atoms with Gasteiger partial charge in [-0.1, -0.05) is 6.07 Å². The van der Waals surface area contributed by atoms with E-state index in [1.54, 1.807) is 11.3 Å². The van der Waals surface area contributed by atoms with Crippen LogP contribution in [0.5, 0.6) is 11.5 Å². The highest BCUT2D eigenvalue weighted by Gasteiger charge is 2.13. The lowest BCUT2D eigenvalue weighted by Crippen LogP contribution is -2.17. The third-order valence-corrected chi connectivity index (χ3v) is 3.83. The highest BCUT2D eigenvalue weighted by atomic mass is 32.1. The zero-order valence-electron chi connectivity index (χ0n) is 10.1. The first-order chi connectivity index (χ1) is 8.83. The Morgan fingerprint density at radius 1 is 1.39 bits per heavy atom. The van der Waals surface area contributed by atoms with Gasteiger partial charge in [0.15, 0.2) is 11.5 Å². The predicted molar refractivity (Wildman–Crippen MR) is 69.9 cm³/mol. The first-order valence-electron chi connectivity index (χ1n) is 5.84. The van der Waals surface area contributed by atoms with Crippen molar-refractivity contribution < 1.29 is 9.47 Å². The molecule has 3 rings (SSSR count). The van der Waals surface area contributed by atoms with Gasteiger partial charge in [-0.3, -0.25) is 0 Å². The van der Waals surface area contributed by atoms with Crippen LogP contribution in [0.25, 0.3) is 0 Å². The molecular formula is C13H14N2O2S. The summed E-state index contributed by atoms with van der Waals surface area (Å²) in [6.07, 6.45) is 1.83. The van der Waals surface area contributed by atoms with Gasteiger partial charge in [-0.2, -0.15) is 0 Å². The number of aromatic nitrogens is 1. The molecular weight excluding hydrogens is 248 g/mol. The fourth-order valence-corrected chi connectivity index (χ4v) is 2.53. The van der Waals surface area contributed by atoms with Crippen molar-refractivity contribution in [3.8, 4) is 11.5 Å². The normalized spacial score (nSPS) is 14.7. The molecule has 0 spiro atoms. The number of hydrogen-bond acceptors (Lipinski definition) is 5. The monoisotopic (exact) mass is 262 g/mol. The van der Waals surface area contributed by atoms with Crippen molar-refractivity contribution in [3.63, 3.8) is 0 Å². The van der Waals surface area contributed by atoms with Crippen LogP contribution in [-0.2, 0) is 6.54 Å². The summed E-state index contributed by atoms with van der Waals surface area (Å²) in [5, 5.41) is 6.55. The molecule has 0 fully saturated rings. The van der Waals surface area contributed by atoms with E-state index in [4.69, 9.17) is 9.47 Å². The van der Waals surface area contributed by atoms with Gasteiger partial charge in [0, 0.05) is 18.1 Å². The standard InChI is InChI=1S/C13H14N2O2S/c1-9(13-14-4-5-18-13)15-7-10-2-3-11-12(6-10)17-8-16-11/h2-6,9,15H,7-8H2,1H3/t9-/m1/s1. The SMILES string of the molecule is C[C@@H](NCc1ccc2c(c1)OCO2)c1nccs1. The molecule has 0 bridgehead atoms. The molecule has 2 aromatic rings. The second-order valence-corrected chi connectivity index (χ2v) is 5.09. The second-order valence-electron chi connectivity index (χ2n) is 4.16. The van der Waals surface area contributed by atoms with Crippen molar-refractivity contribution in [3.05, 3.63) is 40.3 Å². The fourth-order valence-electron chi connectivity index (χ4n) is 1.86. The number of ether oxygens (including phenoxy) is 2. The van der Waals surface area contributed by atoms with Gasteiger partial charge in [0.25, 0.3) is 0 Å². The van der Waals surface area contributed by atoms with E-state index in [9.17, 15) is 0 Å². The summed E-state index contributed by atoms with van der Waals surface area (Å²) < 4.78 is 10.6. The van der Waals surface area contributed by atoms with E-state index >= 15 is 0 Å². The quantitative estimate of drug-likeness (QED) is 0.920. The third kappa shape index (κ3) is 2.32. The summed E-state index contributed by atoms with van der Waals surface area (Å²) >= 11 is 1.67. The largest absolute Gasteiger partial charge is 0.454 e. The minimum absolute atomic E-state index is 0.260. The van der Waals surface area contributed by atoms with E-state index in [2.05, 4.69) is 23.3 Å². The Kier molecular flexibility index (Phi) is 3.17. The Bertz CT molecular complexity index is 528. The molecule has 1 aromatic carbocycles. The van der Waals surface area contributed by atoms with Gasteiger partial charge in [0.05, 0.1) is 6.04 Å². The maximum atomic E-state index is 5.36. The molecule has 0 aliphatic carbocycles. The number of benzene rings is 1. The summed E-state index contributed by atoms with van der Waals surface area (Å²) in [6, 6.07) is 6.28. The average Bonchev–Trinajstić information content (AvgIpc) is 3.05. The maximum Gasteiger partial charge on any atom is 0.231 e. The number of nitrogens with zero attached hydrogens (tertiary/aromatic N) is 1. The van der Waals surface area contributed by atoms with E-state index < -0.39 is 0 Å². The average molecular weight is 262 g/mol. The summed E-state index contributed by atoms with van der Waals surface area (Å²) in [4.78, 5) is 4.30. The maximum absolute atomic E-state index is 5.36. The molecule has 0 unspecified atom stereocenters. The zero-order chi connectivity index (χ0) is 12.4. The molecule has 1 N–H and O–H groups in total. The van der Waals surface area contributed by atoms with Crippen LogP contribution in [0.1, 0.15) is 23.5 Å². The molecule has 1 aromatic heterocycles. The lowest BCUT2D eigenvalue weighted by atomic mass is 10.2. The Morgan fingerprint density at radius 2 is 2.28 bits per heavy atom. The number of rotatable bonds is 4. The van der Waals surface area contributed by atoms with Crippen LogP contribution in [0, 0.1) is 0 Å². The number of hydrogen-bond donors (Lipinski definition) is 1. The van der Waals surface area contributed by atoms with Gasteiger partial charge >= 0.3 is 0 Å². The third-order valence-electron chi connectivity index (χ3n) is 2.87. The molecule has 5 heteroatoms. The van der Waals surface area contributed by atoms with Crippen molar-refractivity contribution in [2.75, 3.05) is 6.79 Å². The van der Waals surface area contributed by atoms with Crippen LogP contribution in [0.4, 0.5) is 0 Å². The number of nitrogens with one attached hydrogen (secondary N) is 1. The van der Waals surface area contributed by atoms with Crippen LogP contribution >= 0.6 is 11.3 Å². The van der Waals surface area contributed by atoms with Crippen molar-refractivity contribution in [1.82, 2.24) is 10.3 Å². The lowest BCUT2D eigenvalue weighted by Gasteiger charge is -2.11. The van der Waals surface area contributed by atoms with Crippen molar-refractivity contribution >= 4 is 11.3 Å². The number of thiazole rings is 1. The van der Waals surface area contributed by atoms with Gasteiger partial charge in [0.2, 0.25) is 6.79 Å². The Hall–Kier alpha value is -1.59. The zero-order valence-corrected chi connectivity index (χ0v) is 10.9. The summed E-state index contributed by atoms with van der Waals surface area (Å²) in [7, 11) is 0. The molecule has 2 heterocycles. The molecule has 0 saturated carbocycles. The molecule has 0 amide bonds. The summed E-state index contributed by atoms with van der Waals surface area (Å²) in [6.45, 7) is 3.23. The van der Waals surface area contributed by atoms with Gasteiger partial charge in [-0.25, -0.2) is 4.98 Å². The fraction of sp³-hybridized carbons (Fsp3) is 0.308. The van der Waals surface area contributed by atoms with Gasteiger partial charge < -0.3 is 14.8 Å². The Labute approximate surface area is 110 Å². The first kappa shape index (κ1) is 11.5. The summed E-state index contributed by atoms with van der Waals surface area (Å²) in [5.74, 6) is 1.66. The smallest absolute Gasteiger partial charge is 0.231 e. The summed E-state index contributed by atoms with van der Waals surface area (Å²) in [5.41, 5.74) is 1.18. The van der Waals surface area contributed by atoms with Crippen molar-refractivity contribution in [2.24, 2.45) is 0 Å². The molecule has 94 valence electrons.